The highest BCUT2D eigenvalue weighted by molar-refractivity contribution is 9.09. The third kappa shape index (κ3) is 3.64. The lowest BCUT2D eigenvalue weighted by Gasteiger charge is -2.10. The summed E-state index contributed by atoms with van der Waals surface area (Å²) < 4.78 is 0. The fourth-order valence-electron chi connectivity index (χ4n) is 1.53. The third-order valence-corrected chi connectivity index (χ3v) is 2.97. The van der Waals surface area contributed by atoms with E-state index in [2.05, 4.69) is 15.9 Å². The van der Waals surface area contributed by atoms with Gasteiger partial charge in [0, 0.05) is 16.5 Å². The van der Waals surface area contributed by atoms with Crippen molar-refractivity contribution in [3.05, 3.63) is 34.9 Å². The molecule has 0 spiro atoms. The molecule has 1 aromatic rings. The number of alkyl halides is 1. The molecule has 0 fully saturated rings. The van der Waals surface area contributed by atoms with Crippen LogP contribution in [-0.2, 0) is 11.2 Å². The molecule has 0 aliphatic carbocycles. The lowest BCUT2D eigenvalue weighted by molar-refractivity contribution is -0.146. The van der Waals surface area contributed by atoms with Crippen LogP contribution in [0.4, 0.5) is 0 Å². The highest BCUT2D eigenvalue weighted by Crippen LogP contribution is 2.20. The fraction of sp³-hybridized carbons (Fsp3) is 0.333. The molecule has 4 nitrogen and oxygen atoms in total. The Balaban J connectivity index is 3.06. The molecule has 0 saturated carbocycles. The largest absolute Gasteiger partial charge is 0.479 e. The van der Waals surface area contributed by atoms with Crippen molar-refractivity contribution in [3.63, 3.8) is 0 Å². The van der Waals surface area contributed by atoms with Crippen LogP contribution in [0, 0.1) is 0 Å². The normalized spacial score (nSPS) is 12.1. The number of benzene rings is 1. The highest BCUT2D eigenvalue weighted by atomic mass is 79.9. The van der Waals surface area contributed by atoms with Gasteiger partial charge in [-0.1, -0.05) is 34.1 Å². The maximum Gasteiger partial charge on any atom is 0.337 e. The molecular weight excluding hydrogens is 288 g/mol. The number of aldehydes is 1. The molecule has 1 atom stereocenters. The Kier molecular flexibility index (Phi) is 5.31. The van der Waals surface area contributed by atoms with E-state index in [1.165, 1.54) is 6.07 Å². The number of hydrogen-bond acceptors (Lipinski definition) is 3. The Morgan fingerprint density at radius 2 is 2.18 bits per heavy atom. The molecule has 1 unspecified atom stereocenters. The second-order valence-electron chi connectivity index (χ2n) is 3.61. The SMILES string of the molecule is O=Cc1ccc(CCCBr)cc1C(O)C(=O)O. The van der Waals surface area contributed by atoms with Gasteiger partial charge in [-0.25, -0.2) is 4.79 Å². The minimum atomic E-state index is -1.65. The van der Waals surface area contributed by atoms with Crippen molar-refractivity contribution < 1.29 is 19.8 Å². The number of carbonyl (C=O) groups excluding carboxylic acids is 1. The van der Waals surface area contributed by atoms with Gasteiger partial charge in [0.1, 0.15) is 6.29 Å². The van der Waals surface area contributed by atoms with Crippen LogP contribution < -0.4 is 0 Å². The van der Waals surface area contributed by atoms with Crippen molar-refractivity contribution >= 4 is 28.2 Å². The Morgan fingerprint density at radius 3 is 2.71 bits per heavy atom. The zero-order valence-corrected chi connectivity index (χ0v) is 10.7. The molecule has 92 valence electrons. The molecular formula is C12H13BrO4. The Bertz CT molecular complexity index is 417. The Morgan fingerprint density at radius 1 is 1.47 bits per heavy atom. The van der Waals surface area contributed by atoms with Gasteiger partial charge >= 0.3 is 5.97 Å². The van der Waals surface area contributed by atoms with Crippen molar-refractivity contribution in [2.24, 2.45) is 0 Å². The molecule has 0 saturated heterocycles. The molecule has 1 aromatic carbocycles. The summed E-state index contributed by atoms with van der Waals surface area (Å²) >= 11 is 3.31. The van der Waals surface area contributed by atoms with Crippen LogP contribution >= 0.6 is 15.9 Å². The van der Waals surface area contributed by atoms with Crippen LogP contribution in [0.25, 0.3) is 0 Å². The van der Waals surface area contributed by atoms with Gasteiger partial charge in [0.15, 0.2) is 6.10 Å². The first-order valence-corrected chi connectivity index (χ1v) is 6.27. The van der Waals surface area contributed by atoms with E-state index >= 15 is 0 Å². The number of aliphatic hydroxyl groups excluding tert-OH is 1. The summed E-state index contributed by atoms with van der Waals surface area (Å²) in [6.45, 7) is 0. The number of carbonyl (C=O) groups is 2. The minimum Gasteiger partial charge on any atom is -0.479 e. The summed E-state index contributed by atoms with van der Waals surface area (Å²) in [7, 11) is 0. The van der Waals surface area contributed by atoms with Crippen LogP contribution in [0.5, 0.6) is 0 Å². The smallest absolute Gasteiger partial charge is 0.337 e. The zero-order valence-electron chi connectivity index (χ0n) is 9.10. The molecule has 0 aliphatic rings. The Hall–Kier alpha value is -1.20. The van der Waals surface area contributed by atoms with E-state index in [0.29, 0.717) is 6.29 Å². The van der Waals surface area contributed by atoms with Crippen LogP contribution in [0.1, 0.15) is 34.0 Å². The van der Waals surface area contributed by atoms with Crippen molar-refractivity contribution in [3.8, 4) is 0 Å². The highest BCUT2D eigenvalue weighted by Gasteiger charge is 2.19. The minimum absolute atomic E-state index is 0.152. The summed E-state index contributed by atoms with van der Waals surface area (Å²) in [6.07, 6.45) is 0.571. The monoisotopic (exact) mass is 300 g/mol. The lowest BCUT2D eigenvalue weighted by Crippen LogP contribution is -2.13. The van der Waals surface area contributed by atoms with Crippen molar-refractivity contribution in [2.45, 2.75) is 18.9 Å². The topological polar surface area (TPSA) is 74.6 Å². The van der Waals surface area contributed by atoms with E-state index in [-0.39, 0.29) is 11.1 Å². The number of rotatable bonds is 6. The van der Waals surface area contributed by atoms with E-state index in [1.54, 1.807) is 12.1 Å². The Labute approximate surface area is 107 Å². The summed E-state index contributed by atoms with van der Waals surface area (Å²) in [6, 6.07) is 4.88. The summed E-state index contributed by atoms with van der Waals surface area (Å²) in [5, 5.41) is 19.1. The first-order chi connectivity index (χ1) is 8.10. The molecule has 0 bridgehead atoms. The standard InChI is InChI=1S/C12H13BrO4/c13-5-1-2-8-3-4-9(7-14)10(6-8)11(15)12(16)17/h3-4,6-7,11,15H,1-2,5H2,(H,16,17). The number of halogens is 1. The molecule has 2 N–H and O–H groups in total. The van der Waals surface area contributed by atoms with Gasteiger partial charge in [0.2, 0.25) is 0 Å². The summed E-state index contributed by atoms with van der Waals surface area (Å²) in [4.78, 5) is 21.5. The average molecular weight is 301 g/mol. The molecule has 1 rings (SSSR count). The number of aliphatic carboxylic acids is 1. The van der Waals surface area contributed by atoms with Crippen molar-refractivity contribution in [2.75, 3.05) is 5.33 Å². The second kappa shape index (κ2) is 6.51. The van der Waals surface area contributed by atoms with Gasteiger partial charge in [-0.05, 0) is 18.4 Å². The van der Waals surface area contributed by atoms with Gasteiger partial charge in [-0.2, -0.15) is 0 Å². The van der Waals surface area contributed by atoms with E-state index < -0.39 is 12.1 Å². The lowest BCUT2D eigenvalue weighted by atomic mass is 9.98. The van der Waals surface area contributed by atoms with E-state index in [0.717, 1.165) is 23.7 Å². The molecule has 0 aliphatic heterocycles. The van der Waals surface area contributed by atoms with E-state index in [4.69, 9.17) is 5.11 Å². The first kappa shape index (κ1) is 13.9. The van der Waals surface area contributed by atoms with Crippen LogP contribution in [0.3, 0.4) is 0 Å². The molecule has 0 radical (unpaired) electrons. The quantitative estimate of drug-likeness (QED) is 0.622. The number of carboxylic acid groups (broad SMARTS) is 1. The molecule has 0 aromatic heterocycles. The first-order valence-electron chi connectivity index (χ1n) is 5.15. The van der Waals surface area contributed by atoms with Crippen LogP contribution in [-0.4, -0.2) is 27.8 Å². The summed E-state index contributed by atoms with van der Waals surface area (Å²) in [5.74, 6) is -1.36. The maximum absolute atomic E-state index is 10.8. The van der Waals surface area contributed by atoms with Crippen LogP contribution in [0.2, 0.25) is 0 Å². The molecule has 0 heterocycles. The summed E-state index contributed by atoms with van der Waals surface area (Å²) in [5.41, 5.74) is 1.27. The van der Waals surface area contributed by atoms with Gasteiger partial charge in [-0.3, -0.25) is 4.79 Å². The number of aryl methyl sites for hydroxylation is 1. The second-order valence-corrected chi connectivity index (χ2v) is 4.41. The maximum atomic E-state index is 10.8. The predicted molar refractivity (Wildman–Crippen MR) is 66.5 cm³/mol. The number of hydrogen-bond donors (Lipinski definition) is 2. The molecule has 5 heteroatoms. The number of carboxylic acids is 1. The van der Waals surface area contributed by atoms with Crippen molar-refractivity contribution in [1.29, 1.82) is 0 Å². The van der Waals surface area contributed by atoms with Gasteiger partial charge in [0.05, 0.1) is 0 Å². The van der Waals surface area contributed by atoms with E-state index in [9.17, 15) is 14.7 Å². The average Bonchev–Trinajstić information content (AvgIpc) is 2.34. The van der Waals surface area contributed by atoms with Crippen molar-refractivity contribution in [1.82, 2.24) is 0 Å². The third-order valence-electron chi connectivity index (χ3n) is 2.41. The molecule has 0 amide bonds. The van der Waals surface area contributed by atoms with E-state index in [1.807, 2.05) is 0 Å². The zero-order chi connectivity index (χ0) is 12.8. The number of aliphatic hydroxyl groups is 1. The van der Waals surface area contributed by atoms with Gasteiger partial charge in [-0.15, -0.1) is 0 Å². The van der Waals surface area contributed by atoms with Crippen LogP contribution in [0.15, 0.2) is 18.2 Å². The predicted octanol–water partition coefficient (Wildman–Crippen LogP) is 1.94. The fourth-order valence-corrected chi connectivity index (χ4v) is 1.81. The van der Waals surface area contributed by atoms with Gasteiger partial charge in [0.25, 0.3) is 0 Å². The van der Waals surface area contributed by atoms with Gasteiger partial charge < -0.3 is 10.2 Å². The molecule has 17 heavy (non-hydrogen) atoms.